The van der Waals surface area contributed by atoms with E-state index in [-0.39, 0.29) is 17.8 Å². The van der Waals surface area contributed by atoms with Crippen LogP contribution in [0.15, 0.2) is 30.3 Å². The maximum atomic E-state index is 13.4. The second-order valence-corrected chi connectivity index (χ2v) is 4.60. The van der Waals surface area contributed by atoms with Crippen molar-refractivity contribution >= 4 is 17.3 Å². The summed E-state index contributed by atoms with van der Waals surface area (Å²) in [5.41, 5.74) is 5.66. The first-order valence-electron chi connectivity index (χ1n) is 6.32. The molecule has 114 valence electrons. The number of pyridine rings is 1. The van der Waals surface area contributed by atoms with Crippen LogP contribution in [-0.4, -0.2) is 15.8 Å². The maximum Gasteiger partial charge on any atom is 0.295 e. The van der Waals surface area contributed by atoms with E-state index in [1.807, 2.05) is 0 Å². The second-order valence-electron chi connectivity index (χ2n) is 4.60. The van der Waals surface area contributed by atoms with Crippen molar-refractivity contribution in [3.8, 4) is 0 Å². The predicted octanol–water partition coefficient (Wildman–Crippen LogP) is 1.95. The number of aromatic nitrogens is 1. The number of rotatable bonds is 4. The molecular weight excluding hydrogens is 291 g/mol. The number of aryl methyl sites for hydroxylation is 1. The molecule has 8 heteroatoms. The number of nitrogens with two attached hydrogens (primary N) is 1. The quantitative estimate of drug-likeness (QED) is 0.509. The van der Waals surface area contributed by atoms with Gasteiger partial charge in [-0.25, -0.2) is 4.39 Å². The van der Waals surface area contributed by atoms with E-state index in [9.17, 15) is 19.3 Å². The van der Waals surface area contributed by atoms with Crippen molar-refractivity contribution < 1.29 is 14.1 Å². The molecule has 0 atom stereocenters. The molecule has 0 bridgehead atoms. The molecule has 0 spiro atoms. The topological polar surface area (TPSA) is 111 Å². The van der Waals surface area contributed by atoms with Gasteiger partial charge < -0.3 is 11.1 Å². The van der Waals surface area contributed by atoms with Crippen LogP contribution in [0.2, 0.25) is 0 Å². The lowest BCUT2D eigenvalue weighted by atomic mass is 10.1. The predicted molar refractivity (Wildman–Crippen MR) is 77.6 cm³/mol. The molecule has 2 rings (SSSR count). The van der Waals surface area contributed by atoms with Crippen LogP contribution in [-0.2, 0) is 6.54 Å². The van der Waals surface area contributed by atoms with Gasteiger partial charge in [0.2, 0.25) is 0 Å². The molecule has 1 heterocycles. The average molecular weight is 304 g/mol. The van der Waals surface area contributed by atoms with Crippen LogP contribution in [0.3, 0.4) is 0 Å². The first kappa shape index (κ1) is 15.4. The van der Waals surface area contributed by atoms with Crippen LogP contribution >= 0.6 is 0 Å². The molecule has 22 heavy (non-hydrogen) atoms. The van der Waals surface area contributed by atoms with E-state index < -0.39 is 22.3 Å². The van der Waals surface area contributed by atoms with Gasteiger partial charge in [0, 0.05) is 5.69 Å². The SMILES string of the molecule is Cc1cccc(CNC(=O)c2cc(F)cc([N+](=O)[O-])c2N)n1. The molecule has 7 nitrogen and oxygen atoms in total. The Labute approximate surface area is 125 Å². The third-order valence-electron chi connectivity index (χ3n) is 2.94. The lowest BCUT2D eigenvalue weighted by Gasteiger charge is -2.08. The fourth-order valence-electron chi connectivity index (χ4n) is 1.91. The fraction of sp³-hybridized carbons (Fsp3) is 0.143. The van der Waals surface area contributed by atoms with Crippen molar-refractivity contribution in [1.82, 2.24) is 10.3 Å². The van der Waals surface area contributed by atoms with E-state index in [1.54, 1.807) is 25.1 Å². The second kappa shape index (κ2) is 6.17. The highest BCUT2D eigenvalue weighted by molar-refractivity contribution is 6.01. The molecule has 0 radical (unpaired) electrons. The molecule has 2 aromatic rings. The number of carbonyl (C=O) groups is 1. The number of hydrogen-bond acceptors (Lipinski definition) is 5. The monoisotopic (exact) mass is 304 g/mol. The molecule has 3 N–H and O–H groups in total. The van der Waals surface area contributed by atoms with Gasteiger partial charge in [-0.15, -0.1) is 0 Å². The Balaban J connectivity index is 2.21. The number of anilines is 1. The van der Waals surface area contributed by atoms with E-state index in [0.29, 0.717) is 11.8 Å². The van der Waals surface area contributed by atoms with Crippen molar-refractivity contribution in [2.45, 2.75) is 13.5 Å². The highest BCUT2D eigenvalue weighted by Gasteiger charge is 2.21. The van der Waals surface area contributed by atoms with Crippen molar-refractivity contribution in [3.63, 3.8) is 0 Å². The van der Waals surface area contributed by atoms with Gasteiger partial charge in [0.25, 0.3) is 11.6 Å². The third kappa shape index (κ3) is 3.35. The summed E-state index contributed by atoms with van der Waals surface area (Å²) in [6.07, 6.45) is 0. The first-order valence-corrected chi connectivity index (χ1v) is 6.32. The van der Waals surface area contributed by atoms with Gasteiger partial charge in [0.1, 0.15) is 11.5 Å². The fourth-order valence-corrected chi connectivity index (χ4v) is 1.91. The zero-order valence-corrected chi connectivity index (χ0v) is 11.7. The molecule has 0 aliphatic heterocycles. The van der Waals surface area contributed by atoms with Crippen LogP contribution in [0.4, 0.5) is 15.8 Å². The number of hydrogen-bond donors (Lipinski definition) is 2. The Morgan fingerprint density at radius 3 is 2.82 bits per heavy atom. The number of carbonyl (C=O) groups excluding carboxylic acids is 1. The van der Waals surface area contributed by atoms with Crippen LogP contribution in [0.25, 0.3) is 0 Å². The maximum absolute atomic E-state index is 13.4. The van der Waals surface area contributed by atoms with Gasteiger partial charge in [-0.3, -0.25) is 19.9 Å². The van der Waals surface area contributed by atoms with Crippen LogP contribution < -0.4 is 11.1 Å². The normalized spacial score (nSPS) is 10.3. The number of nitrogens with one attached hydrogen (secondary N) is 1. The summed E-state index contributed by atoms with van der Waals surface area (Å²) in [6.45, 7) is 1.91. The smallest absolute Gasteiger partial charge is 0.295 e. The molecule has 1 aromatic heterocycles. The molecule has 0 saturated carbocycles. The van der Waals surface area contributed by atoms with Gasteiger partial charge in [-0.05, 0) is 25.1 Å². The standard InChI is InChI=1S/C14H13FN4O3/c1-8-3-2-4-10(18-8)7-17-14(20)11-5-9(15)6-12(13(11)16)19(21)22/h2-6H,7,16H2,1H3,(H,17,20). The van der Waals surface area contributed by atoms with E-state index >= 15 is 0 Å². The molecule has 0 aliphatic carbocycles. The minimum atomic E-state index is -0.903. The third-order valence-corrected chi connectivity index (χ3v) is 2.94. The molecule has 1 amide bonds. The Morgan fingerprint density at radius 2 is 2.18 bits per heavy atom. The molecule has 1 aromatic carbocycles. The van der Waals surface area contributed by atoms with E-state index in [4.69, 9.17) is 5.73 Å². The minimum absolute atomic E-state index is 0.101. The summed E-state index contributed by atoms with van der Waals surface area (Å²) >= 11 is 0. The molecular formula is C14H13FN4O3. The zero-order chi connectivity index (χ0) is 16.3. The summed E-state index contributed by atoms with van der Waals surface area (Å²) in [6, 6.07) is 6.84. The van der Waals surface area contributed by atoms with Crippen LogP contribution in [0.1, 0.15) is 21.7 Å². The number of amides is 1. The lowest BCUT2D eigenvalue weighted by molar-refractivity contribution is -0.384. The van der Waals surface area contributed by atoms with Gasteiger partial charge in [-0.1, -0.05) is 6.07 Å². The summed E-state index contributed by atoms with van der Waals surface area (Å²) in [4.78, 5) is 26.2. The minimum Gasteiger partial charge on any atom is -0.393 e. The van der Waals surface area contributed by atoms with Crippen LogP contribution in [0.5, 0.6) is 0 Å². The summed E-state index contributed by atoms with van der Waals surface area (Å²) in [5, 5.41) is 13.3. The number of nitrogens with zero attached hydrogens (tertiary/aromatic N) is 2. The number of benzene rings is 1. The number of nitro benzene ring substituents is 1. The number of nitro groups is 1. The number of halogens is 1. The number of nitrogen functional groups attached to an aromatic ring is 1. The summed E-state index contributed by atoms with van der Waals surface area (Å²) in [5.74, 6) is -1.61. The molecule has 0 saturated heterocycles. The Bertz CT molecular complexity index is 749. The largest absolute Gasteiger partial charge is 0.393 e. The van der Waals surface area contributed by atoms with E-state index in [2.05, 4.69) is 10.3 Å². The Kier molecular flexibility index (Phi) is 4.31. The van der Waals surface area contributed by atoms with Crippen molar-refractivity contribution in [2.75, 3.05) is 5.73 Å². The van der Waals surface area contributed by atoms with E-state index in [1.165, 1.54) is 0 Å². The van der Waals surface area contributed by atoms with Crippen LogP contribution in [0, 0.1) is 22.9 Å². The Hall–Kier alpha value is -3.03. The summed E-state index contributed by atoms with van der Waals surface area (Å²) < 4.78 is 13.4. The molecule has 0 unspecified atom stereocenters. The highest BCUT2D eigenvalue weighted by Crippen LogP contribution is 2.26. The van der Waals surface area contributed by atoms with Gasteiger partial charge >= 0.3 is 0 Å². The average Bonchev–Trinajstić information content (AvgIpc) is 2.46. The van der Waals surface area contributed by atoms with Gasteiger partial charge in [0.05, 0.1) is 28.8 Å². The van der Waals surface area contributed by atoms with Crippen molar-refractivity contribution in [3.05, 3.63) is 63.2 Å². The lowest BCUT2D eigenvalue weighted by Crippen LogP contribution is -2.24. The van der Waals surface area contributed by atoms with E-state index in [0.717, 1.165) is 11.8 Å². The first-order chi connectivity index (χ1) is 10.4. The van der Waals surface area contributed by atoms with Crippen molar-refractivity contribution in [2.24, 2.45) is 0 Å². The van der Waals surface area contributed by atoms with Gasteiger partial charge in [-0.2, -0.15) is 0 Å². The molecule has 0 aliphatic rings. The zero-order valence-electron chi connectivity index (χ0n) is 11.7. The Morgan fingerprint density at radius 1 is 1.45 bits per heavy atom. The highest BCUT2D eigenvalue weighted by atomic mass is 19.1. The van der Waals surface area contributed by atoms with Gasteiger partial charge in [0.15, 0.2) is 0 Å². The molecule has 0 fully saturated rings. The van der Waals surface area contributed by atoms with Crippen molar-refractivity contribution in [1.29, 1.82) is 0 Å². The summed E-state index contributed by atoms with van der Waals surface area (Å²) in [7, 11) is 0.